The topological polar surface area (TPSA) is 96.3 Å². The van der Waals surface area contributed by atoms with E-state index in [-0.39, 0.29) is 47.7 Å². The maximum Gasteiger partial charge on any atom is 0.335 e. The van der Waals surface area contributed by atoms with Gasteiger partial charge in [-0.15, -0.1) is 0 Å². The Morgan fingerprint density at radius 3 is 2.48 bits per heavy atom. The monoisotopic (exact) mass is 416 g/mol. The highest BCUT2D eigenvalue weighted by Gasteiger charge is 2.59. The molecule has 2 aromatic rings. The number of fused-ring (bicyclic) bond motifs is 5. The number of carbonyl (C=O) groups excluding carboxylic acids is 2. The average Bonchev–Trinajstić information content (AvgIpc) is 3.46. The first-order valence-corrected chi connectivity index (χ1v) is 10.2. The Morgan fingerprint density at radius 2 is 1.77 bits per heavy atom. The highest BCUT2D eigenvalue weighted by molar-refractivity contribution is 6.06. The smallest absolute Gasteiger partial charge is 0.335 e. The molecule has 31 heavy (non-hydrogen) atoms. The lowest BCUT2D eigenvalue weighted by molar-refractivity contribution is -0.140. The van der Waals surface area contributed by atoms with Crippen LogP contribution in [0.2, 0.25) is 0 Å². The lowest BCUT2D eigenvalue weighted by Crippen LogP contribution is -2.28. The summed E-state index contributed by atoms with van der Waals surface area (Å²) in [4.78, 5) is 36.5. The molecule has 1 N–H and O–H groups in total. The van der Waals surface area contributed by atoms with Gasteiger partial charge < -0.3 is 9.84 Å². The van der Waals surface area contributed by atoms with Crippen LogP contribution in [0.4, 0.5) is 0 Å². The molecule has 1 aliphatic heterocycles. The van der Waals surface area contributed by atoms with Gasteiger partial charge in [-0.05, 0) is 53.6 Å². The number of rotatable bonds is 6. The summed E-state index contributed by atoms with van der Waals surface area (Å²) in [6.45, 7) is 0.212. The molecule has 4 atom stereocenters. The van der Waals surface area contributed by atoms with Gasteiger partial charge in [0, 0.05) is 0 Å². The summed E-state index contributed by atoms with van der Waals surface area (Å²) in [6, 6.07) is 13.7. The van der Waals surface area contributed by atoms with Gasteiger partial charge in [0.15, 0.2) is 0 Å². The largest absolute Gasteiger partial charge is 0.489 e. The first kappa shape index (κ1) is 19.2. The zero-order valence-electron chi connectivity index (χ0n) is 16.5. The number of amides is 2. The number of nitrogens with zero attached hydrogens (tertiary/aromatic N) is 2. The number of carbonyl (C=O) groups is 3. The van der Waals surface area contributed by atoms with Gasteiger partial charge in [-0.3, -0.25) is 9.59 Å². The van der Waals surface area contributed by atoms with E-state index in [1.165, 1.54) is 12.3 Å². The fourth-order valence-corrected chi connectivity index (χ4v) is 4.77. The molecule has 7 heteroatoms. The minimum Gasteiger partial charge on any atom is -0.489 e. The van der Waals surface area contributed by atoms with Crippen molar-refractivity contribution in [2.45, 2.75) is 13.0 Å². The number of carboxylic acid groups (broad SMARTS) is 1. The normalized spacial score (nSPS) is 26.1. The molecule has 0 aromatic heterocycles. The Bertz CT molecular complexity index is 1110. The number of hydrogen-bond donors (Lipinski definition) is 1. The van der Waals surface area contributed by atoms with Crippen molar-refractivity contribution in [3.63, 3.8) is 0 Å². The van der Waals surface area contributed by atoms with Crippen molar-refractivity contribution in [2.75, 3.05) is 0 Å². The number of ether oxygens (including phenoxy) is 1. The molecule has 5 rings (SSSR count). The van der Waals surface area contributed by atoms with Crippen LogP contribution in [0.5, 0.6) is 5.75 Å². The molecular formula is C24H20N2O5. The molecule has 7 nitrogen and oxygen atoms in total. The van der Waals surface area contributed by atoms with Crippen LogP contribution in [0.1, 0.15) is 27.9 Å². The maximum absolute atomic E-state index is 12.7. The third-order valence-electron chi connectivity index (χ3n) is 6.21. The van der Waals surface area contributed by atoms with Crippen molar-refractivity contribution in [3.05, 3.63) is 77.4 Å². The summed E-state index contributed by atoms with van der Waals surface area (Å²) >= 11 is 0. The van der Waals surface area contributed by atoms with Gasteiger partial charge in [-0.1, -0.05) is 36.4 Å². The minimum absolute atomic E-state index is 0.156. The second kappa shape index (κ2) is 7.50. The number of aromatic carboxylic acids is 1. The van der Waals surface area contributed by atoms with E-state index in [1.54, 1.807) is 42.5 Å². The van der Waals surface area contributed by atoms with Gasteiger partial charge >= 0.3 is 5.97 Å². The van der Waals surface area contributed by atoms with Crippen LogP contribution in [0.25, 0.3) is 0 Å². The molecule has 0 unspecified atom stereocenters. The molecule has 2 aliphatic carbocycles. The standard InChI is InChI=1S/C24H20N2O5/c27-22-20-16-7-8-17(11-16)21(20)23(28)26(22)25-12-14-3-2-6-19(10-14)31-13-15-4-1-5-18(9-15)24(29)30/h1-10,12,16-17,20-21H,11,13H2,(H,29,30)/t16-,17-,20-,21+/m0/s1. The second-order valence-corrected chi connectivity index (χ2v) is 8.10. The molecule has 2 amide bonds. The van der Waals surface area contributed by atoms with Crippen molar-refractivity contribution in [2.24, 2.45) is 28.8 Å². The van der Waals surface area contributed by atoms with Gasteiger partial charge in [0.2, 0.25) is 0 Å². The fourth-order valence-electron chi connectivity index (χ4n) is 4.77. The van der Waals surface area contributed by atoms with Gasteiger partial charge in [-0.2, -0.15) is 10.1 Å². The third-order valence-corrected chi connectivity index (χ3v) is 6.21. The Balaban J connectivity index is 1.26. The Hall–Kier alpha value is -3.74. The van der Waals surface area contributed by atoms with Crippen LogP contribution < -0.4 is 4.74 Å². The molecule has 1 heterocycles. The van der Waals surface area contributed by atoms with Crippen LogP contribution in [0.3, 0.4) is 0 Å². The van der Waals surface area contributed by atoms with Crippen molar-refractivity contribution in [1.29, 1.82) is 0 Å². The van der Waals surface area contributed by atoms with E-state index in [1.807, 2.05) is 0 Å². The summed E-state index contributed by atoms with van der Waals surface area (Å²) in [5, 5.41) is 14.3. The number of carboxylic acids is 1. The van der Waals surface area contributed by atoms with Gasteiger partial charge in [0.25, 0.3) is 11.8 Å². The van der Waals surface area contributed by atoms with E-state index in [4.69, 9.17) is 9.84 Å². The van der Waals surface area contributed by atoms with E-state index < -0.39 is 5.97 Å². The molecule has 2 fully saturated rings. The summed E-state index contributed by atoms with van der Waals surface area (Å²) in [6.07, 6.45) is 6.48. The molecular weight excluding hydrogens is 396 g/mol. The maximum atomic E-state index is 12.7. The minimum atomic E-state index is -0.987. The third kappa shape index (κ3) is 3.42. The van der Waals surface area contributed by atoms with Crippen LogP contribution in [0, 0.1) is 23.7 Å². The first-order chi connectivity index (χ1) is 15.0. The van der Waals surface area contributed by atoms with E-state index in [2.05, 4.69) is 17.3 Å². The SMILES string of the molecule is O=C(O)c1cccc(COc2cccc(C=NN3C(=O)[C@@H]4[C@H](C3=O)[C@H]3C=C[C@H]4C3)c2)c1. The lowest BCUT2D eigenvalue weighted by Gasteiger charge is -2.13. The summed E-state index contributed by atoms with van der Waals surface area (Å²) in [5.74, 6) is -1.07. The summed E-state index contributed by atoms with van der Waals surface area (Å²) in [5.41, 5.74) is 1.63. The predicted octanol–water partition coefficient (Wildman–Crippen LogP) is 3.10. The molecule has 1 saturated heterocycles. The molecule has 0 spiro atoms. The summed E-state index contributed by atoms with van der Waals surface area (Å²) in [7, 11) is 0. The number of hydrazone groups is 1. The highest BCUT2D eigenvalue weighted by Crippen LogP contribution is 2.52. The van der Waals surface area contributed by atoms with E-state index >= 15 is 0 Å². The van der Waals surface area contributed by atoms with Crippen molar-refractivity contribution >= 4 is 24.0 Å². The lowest BCUT2D eigenvalue weighted by atomic mass is 9.85. The predicted molar refractivity (Wildman–Crippen MR) is 111 cm³/mol. The Labute approximate surface area is 178 Å². The van der Waals surface area contributed by atoms with Crippen molar-refractivity contribution in [1.82, 2.24) is 5.01 Å². The molecule has 0 radical (unpaired) electrons. The Morgan fingerprint density at radius 1 is 1.06 bits per heavy atom. The van der Waals surface area contributed by atoms with Gasteiger partial charge in [0.05, 0.1) is 23.6 Å². The quantitative estimate of drug-likeness (QED) is 0.443. The van der Waals surface area contributed by atoms with E-state index in [0.717, 1.165) is 17.0 Å². The van der Waals surface area contributed by atoms with Crippen molar-refractivity contribution in [3.8, 4) is 5.75 Å². The molecule has 2 bridgehead atoms. The molecule has 3 aliphatic rings. The zero-order valence-corrected chi connectivity index (χ0v) is 16.5. The number of benzene rings is 2. The molecule has 156 valence electrons. The molecule has 2 aromatic carbocycles. The van der Waals surface area contributed by atoms with Crippen LogP contribution in [-0.2, 0) is 16.2 Å². The van der Waals surface area contributed by atoms with E-state index in [0.29, 0.717) is 11.3 Å². The van der Waals surface area contributed by atoms with Crippen LogP contribution in [0.15, 0.2) is 65.8 Å². The number of hydrogen-bond acceptors (Lipinski definition) is 5. The fraction of sp³-hybridized carbons (Fsp3) is 0.250. The number of allylic oxidation sites excluding steroid dienone is 2. The van der Waals surface area contributed by atoms with E-state index in [9.17, 15) is 14.4 Å². The van der Waals surface area contributed by atoms with Gasteiger partial charge in [-0.25, -0.2) is 4.79 Å². The number of imide groups is 1. The van der Waals surface area contributed by atoms with Gasteiger partial charge in [0.1, 0.15) is 12.4 Å². The molecule has 1 saturated carbocycles. The van der Waals surface area contributed by atoms with Crippen LogP contribution in [-0.4, -0.2) is 34.1 Å². The van der Waals surface area contributed by atoms with Crippen molar-refractivity contribution < 1.29 is 24.2 Å². The highest BCUT2D eigenvalue weighted by atomic mass is 16.5. The average molecular weight is 416 g/mol. The van der Waals surface area contributed by atoms with Crippen LogP contribution >= 0.6 is 0 Å². The summed E-state index contributed by atoms with van der Waals surface area (Å²) < 4.78 is 5.77. The first-order valence-electron chi connectivity index (χ1n) is 10.2. The Kier molecular flexibility index (Phi) is 4.66. The second-order valence-electron chi connectivity index (χ2n) is 8.10. The zero-order chi connectivity index (χ0) is 21.5.